The predicted molar refractivity (Wildman–Crippen MR) is 111 cm³/mol. The van der Waals surface area contributed by atoms with Crippen molar-refractivity contribution >= 4 is 16.1 Å². The van der Waals surface area contributed by atoms with Gasteiger partial charge in [-0.1, -0.05) is 84.4 Å². The molecule has 0 radical (unpaired) electrons. The van der Waals surface area contributed by atoms with Gasteiger partial charge in [0.2, 0.25) is 10.0 Å². The monoisotopic (exact) mass is 388 g/mol. The fraction of sp³-hybridized carbons (Fsp3) is 0.0870. The zero-order valence-electron chi connectivity index (χ0n) is 15.4. The lowest BCUT2D eigenvalue weighted by molar-refractivity contribution is 0.551. The highest BCUT2D eigenvalue weighted by Gasteiger charge is 2.35. The van der Waals surface area contributed by atoms with Gasteiger partial charge in [0, 0.05) is 0 Å². The second kappa shape index (κ2) is 8.22. The van der Waals surface area contributed by atoms with Gasteiger partial charge in [-0.3, -0.25) is 0 Å². The van der Waals surface area contributed by atoms with Gasteiger partial charge in [0.05, 0.1) is 11.0 Å². The van der Waals surface area contributed by atoms with Crippen LogP contribution >= 0.6 is 0 Å². The second-order valence-electron chi connectivity index (χ2n) is 6.45. The SMILES string of the molecule is Cc1ccc(S(=O)(=O)NC(C#N)(/C=C/c2ccccc2)c2ccccc2)cc1. The maximum atomic E-state index is 13.0. The minimum absolute atomic E-state index is 0.113. The average molecular weight is 388 g/mol. The van der Waals surface area contributed by atoms with E-state index in [1.54, 1.807) is 48.6 Å². The van der Waals surface area contributed by atoms with Crippen LogP contribution in [-0.4, -0.2) is 8.42 Å². The number of nitrogens with zero attached hydrogens (tertiary/aromatic N) is 1. The highest BCUT2D eigenvalue weighted by atomic mass is 32.2. The molecule has 4 nitrogen and oxygen atoms in total. The third kappa shape index (κ3) is 4.37. The standard InChI is InChI=1S/C23H20N2O2S/c1-19-12-14-22(15-13-19)28(26,27)25-23(18-24,21-10-6-3-7-11-21)17-16-20-8-4-2-5-9-20/h2-17,25H,1H3/b17-16+. The van der Waals surface area contributed by atoms with Crippen LogP contribution in [0.3, 0.4) is 0 Å². The van der Waals surface area contributed by atoms with E-state index >= 15 is 0 Å². The molecule has 5 heteroatoms. The Kier molecular flexibility index (Phi) is 5.74. The summed E-state index contributed by atoms with van der Waals surface area (Å²) in [5.74, 6) is 0. The third-order valence-electron chi connectivity index (χ3n) is 4.36. The molecule has 0 amide bonds. The molecule has 0 bridgehead atoms. The molecule has 0 aliphatic rings. The van der Waals surface area contributed by atoms with Gasteiger partial charge in [0.25, 0.3) is 0 Å². The van der Waals surface area contributed by atoms with E-state index in [0.29, 0.717) is 5.56 Å². The Morgan fingerprint density at radius 3 is 2.04 bits per heavy atom. The fourth-order valence-corrected chi connectivity index (χ4v) is 4.06. The summed E-state index contributed by atoms with van der Waals surface area (Å²) >= 11 is 0. The van der Waals surface area contributed by atoms with Gasteiger partial charge in [-0.15, -0.1) is 0 Å². The van der Waals surface area contributed by atoms with Gasteiger partial charge < -0.3 is 0 Å². The lowest BCUT2D eigenvalue weighted by atomic mass is 9.91. The molecule has 0 aliphatic heterocycles. The number of hydrogen-bond donors (Lipinski definition) is 1. The number of aryl methyl sites for hydroxylation is 1. The minimum Gasteiger partial charge on any atom is -0.207 e. The van der Waals surface area contributed by atoms with Crippen LogP contribution in [0.25, 0.3) is 6.08 Å². The maximum absolute atomic E-state index is 13.0. The molecule has 1 unspecified atom stereocenters. The summed E-state index contributed by atoms with van der Waals surface area (Å²) in [7, 11) is -3.92. The van der Waals surface area contributed by atoms with Crippen LogP contribution < -0.4 is 4.72 Å². The van der Waals surface area contributed by atoms with Crippen molar-refractivity contribution in [3.8, 4) is 6.07 Å². The van der Waals surface area contributed by atoms with Crippen LogP contribution in [0.1, 0.15) is 16.7 Å². The number of nitrogens with one attached hydrogen (secondary N) is 1. The minimum atomic E-state index is -3.92. The van der Waals surface area contributed by atoms with Gasteiger partial charge in [0.1, 0.15) is 0 Å². The van der Waals surface area contributed by atoms with Crippen LogP contribution in [0.4, 0.5) is 0 Å². The molecule has 0 saturated carbocycles. The second-order valence-corrected chi connectivity index (χ2v) is 8.13. The smallest absolute Gasteiger partial charge is 0.207 e. The molecule has 0 fully saturated rings. The largest absolute Gasteiger partial charge is 0.242 e. The lowest BCUT2D eigenvalue weighted by Gasteiger charge is -2.25. The van der Waals surface area contributed by atoms with Crippen LogP contribution in [0, 0.1) is 18.3 Å². The Hall–Kier alpha value is -3.20. The Morgan fingerprint density at radius 2 is 1.46 bits per heavy atom. The van der Waals surface area contributed by atoms with E-state index in [2.05, 4.69) is 10.8 Å². The quantitative estimate of drug-likeness (QED) is 0.680. The van der Waals surface area contributed by atoms with E-state index in [0.717, 1.165) is 11.1 Å². The molecule has 0 spiro atoms. The van der Waals surface area contributed by atoms with Crippen molar-refractivity contribution in [2.45, 2.75) is 17.4 Å². The molecule has 140 valence electrons. The van der Waals surface area contributed by atoms with Gasteiger partial charge >= 0.3 is 0 Å². The highest BCUT2D eigenvalue weighted by molar-refractivity contribution is 7.89. The fourth-order valence-electron chi connectivity index (χ4n) is 2.79. The van der Waals surface area contributed by atoms with E-state index in [-0.39, 0.29) is 4.90 Å². The van der Waals surface area contributed by atoms with E-state index in [4.69, 9.17) is 0 Å². The van der Waals surface area contributed by atoms with Gasteiger partial charge in [-0.25, -0.2) is 8.42 Å². The maximum Gasteiger partial charge on any atom is 0.242 e. The summed E-state index contributed by atoms with van der Waals surface area (Å²) in [5, 5.41) is 10.0. The summed E-state index contributed by atoms with van der Waals surface area (Å²) < 4.78 is 28.6. The van der Waals surface area contributed by atoms with Gasteiger partial charge in [0.15, 0.2) is 5.54 Å². The van der Waals surface area contributed by atoms with Crippen molar-refractivity contribution in [1.29, 1.82) is 5.26 Å². The van der Waals surface area contributed by atoms with Crippen molar-refractivity contribution < 1.29 is 8.42 Å². The average Bonchev–Trinajstić information content (AvgIpc) is 2.73. The van der Waals surface area contributed by atoms with Crippen molar-refractivity contribution in [1.82, 2.24) is 4.72 Å². The topological polar surface area (TPSA) is 70.0 Å². The Morgan fingerprint density at radius 1 is 0.893 bits per heavy atom. The summed E-state index contributed by atoms with van der Waals surface area (Å²) in [4.78, 5) is 0.113. The third-order valence-corrected chi connectivity index (χ3v) is 5.84. The molecule has 3 aromatic rings. The molecular formula is C23H20N2O2S. The van der Waals surface area contributed by atoms with Crippen molar-refractivity contribution in [3.63, 3.8) is 0 Å². The number of sulfonamides is 1. The zero-order chi connectivity index (χ0) is 20.0. The Bertz CT molecular complexity index is 1100. The molecule has 1 N–H and O–H groups in total. The summed E-state index contributed by atoms with van der Waals surface area (Å²) in [5.41, 5.74) is 0.825. The van der Waals surface area contributed by atoms with Crippen molar-refractivity contribution in [2.75, 3.05) is 0 Å². The summed E-state index contributed by atoms with van der Waals surface area (Å²) in [6, 6.07) is 27.0. The van der Waals surface area contributed by atoms with E-state index in [9.17, 15) is 13.7 Å². The predicted octanol–water partition coefficient (Wildman–Crippen LogP) is 4.41. The zero-order valence-corrected chi connectivity index (χ0v) is 16.2. The van der Waals surface area contributed by atoms with E-state index in [1.807, 2.05) is 43.3 Å². The van der Waals surface area contributed by atoms with Crippen molar-refractivity contribution in [2.24, 2.45) is 0 Å². The molecule has 0 aliphatic carbocycles. The number of hydrogen-bond acceptors (Lipinski definition) is 3. The Labute approximate surface area is 165 Å². The number of rotatable bonds is 6. The van der Waals surface area contributed by atoms with Gasteiger partial charge in [-0.2, -0.15) is 9.98 Å². The molecule has 1 atom stereocenters. The van der Waals surface area contributed by atoms with Crippen molar-refractivity contribution in [3.05, 3.63) is 108 Å². The molecule has 28 heavy (non-hydrogen) atoms. The summed E-state index contributed by atoms with van der Waals surface area (Å²) in [6.45, 7) is 1.88. The van der Waals surface area contributed by atoms with Crippen LogP contribution in [0.15, 0.2) is 95.9 Å². The molecule has 0 aromatic heterocycles. The molecule has 0 heterocycles. The Balaban J connectivity index is 2.07. The lowest BCUT2D eigenvalue weighted by Crippen LogP contribution is -2.43. The van der Waals surface area contributed by atoms with E-state index in [1.165, 1.54) is 12.1 Å². The first-order chi connectivity index (χ1) is 13.5. The van der Waals surface area contributed by atoms with Gasteiger partial charge in [-0.05, 0) is 36.3 Å². The normalized spacial score (nSPS) is 13.7. The number of nitriles is 1. The first kappa shape index (κ1) is 19.6. The first-order valence-corrected chi connectivity index (χ1v) is 10.3. The number of benzene rings is 3. The molecule has 3 aromatic carbocycles. The van der Waals surface area contributed by atoms with E-state index < -0.39 is 15.6 Å². The molecule has 0 saturated heterocycles. The molecular weight excluding hydrogens is 368 g/mol. The highest BCUT2D eigenvalue weighted by Crippen LogP contribution is 2.26. The van der Waals surface area contributed by atoms with Crippen LogP contribution in [0.5, 0.6) is 0 Å². The van der Waals surface area contributed by atoms with Crippen LogP contribution in [-0.2, 0) is 15.6 Å². The first-order valence-electron chi connectivity index (χ1n) is 8.77. The summed E-state index contributed by atoms with van der Waals surface area (Å²) in [6.07, 6.45) is 3.33. The molecule has 3 rings (SSSR count). The van der Waals surface area contributed by atoms with Crippen LogP contribution in [0.2, 0.25) is 0 Å².